The summed E-state index contributed by atoms with van der Waals surface area (Å²) >= 11 is 0. The molecular weight excluding hydrogens is 287 g/mol. The molecule has 0 unspecified atom stereocenters. The van der Waals surface area contributed by atoms with E-state index in [1.54, 1.807) is 18.2 Å². The molecule has 0 saturated carbocycles. The van der Waals surface area contributed by atoms with Crippen LogP contribution in [0.25, 0.3) is 0 Å². The van der Waals surface area contributed by atoms with Gasteiger partial charge in [0.15, 0.2) is 6.20 Å². The number of nitrogens with one attached hydrogen (secondary N) is 1. The van der Waals surface area contributed by atoms with Gasteiger partial charge in [-0.1, -0.05) is 0 Å². The Kier molecular flexibility index (Phi) is 3.91. The van der Waals surface area contributed by atoms with Crippen LogP contribution in [0.4, 0.5) is 4.39 Å². The Hall–Kier alpha value is -2.63. The summed E-state index contributed by atoms with van der Waals surface area (Å²) < 4.78 is 19.6. The number of carbonyl (C=O) groups is 1. The number of hydrogen-bond acceptors (Lipinski definition) is 3. The van der Waals surface area contributed by atoms with Crippen LogP contribution in [0, 0.1) is 11.0 Å². The molecule has 6 heteroatoms. The van der Waals surface area contributed by atoms with Crippen LogP contribution < -0.4 is 14.8 Å². The Morgan fingerprint density at radius 1 is 1.36 bits per heavy atom. The molecule has 0 aliphatic carbocycles. The standard InChI is InChI=1S/C16H15FN2O3/c17-11-6-7-15-12(10-11)13(4-3-9-22-15)18-16(20)14-5-1-2-8-19(14)21/h1-2,5-8,10,13H,3-4,9H2,(H,18,20)/t13-/m1/s1. The molecule has 5 nitrogen and oxygen atoms in total. The van der Waals surface area contributed by atoms with Gasteiger partial charge < -0.3 is 15.3 Å². The normalized spacial score (nSPS) is 17.0. The van der Waals surface area contributed by atoms with E-state index >= 15 is 0 Å². The van der Waals surface area contributed by atoms with Crippen LogP contribution in [0.1, 0.15) is 34.9 Å². The Balaban J connectivity index is 1.88. The van der Waals surface area contributed by atoms with Crippen molar-refractivity contribution in [2.24, 2.45) is 0 Å². The van der Waals surface area contributed by atoms with Gasteiger partial charge in [-0.2, -0.15) is 4.73 Å². The molecule has 2 aromatic rings. The van der Waals surface area contributed by atoms with E-state index in [-0.39, 0.29) is 17.6 Å². The first-order chi connectivity index (χ1) is 10.6. The molecule has 2 heterocycles. The zero-order valence-electron chi connectivity index (χ0n) is 11.8. The van der Waals surface area contributed by atoms with Crippen LogP contribution in [0.5, 0.6) is 5.75 Å². The summed E-state index contributed by atoms with van der Waals surface area (Å²) in [6, 6.07) is 8.48. The number of benzene rings is 1. The molecule has 0 spiro atoms. The lowest BCUT2D eigenvalue weighted by atomic mass is 10.0. The summed E-state index contributed by atoms with van der Waals surface area (Å²) in [7, 11) is 0. The summed E-state index contributed by atoms with van der Waals surface area (Å²) in [4.78, 5) is 12.3. The lowest BCUT2D eigenvalue weighted by Gasteiger charge is -2.18. The highest BCUT2D eigenvalue weighted by Gasteiger charge is 2.25. The van der Waals surface area contributed by atoms with E-state index in [0.29, 0.717) is 29.1 Å². The van der Waals surface area contributed by atoms with Crippen molar-refractivity contribution in [3.63, 3.8) is 0 Å². The van der Waals surface area contributed by atoms with Crippen LogP contribution in [0.15, 0.2) is 42.6 Å². The second-order valence-electron chi connectivity index (χ2n) is 5.11. The molecule has 1 aliphatic heterocycles. The van der Waals surface area contributed by atoms with Gasteiger partial charge in [0.1, 0.15) is 11.6 Å². The van der Waals surface area contributed by atoms with Gasteiger partial charge in [0.25, 0.3) is 5.69 Å². The molecule has 0 fully saturated rings. The highest BCUT2D eigenvalue weighted by molar-refractivity contribution is 5.91. The van der Waals surface area contributed by atoms with E-state index in [9.17, 15) is 14.4 Å². The van der Waals surface area contributed by atoms with E-state index in [4.69, 9.17) is 4.74 Å². The summed E-state index contributed by atoms with van der Waals surface area (Å²) in [5.41, 5.74) is 0.602. The van der Waals surface area contributed by atoms with Crippen molar-refractivity contribution >= 4 is 5.91 Å². The summed E-state index contributed by atoms with van der Waals surface area (Å²) in [6.07, 6.45) is 2.61. The number of halogens is 1. The second kappa shape index (κ2) is 6.01. The van der Waals surface area contributed by atoms with Gasteiger partial charge >= 0.3 is 5.91 Å². The first kappa shape index (κ1) is 14.3. The van der Waals surface area contributed by atoms with Gasteiger partial charge in [-0.25, -0.2) is 4.39 Å². The highest BCUT2D eigenvalue weighted by atomic mass is 19.1. The number of amides is 1. The molecule has 1 amide bonds. The third kappa shape index (κ3) is 2.86. The molecule has 0 radical (unpaired) electrons. The van der Waals surface area contributed by atoms with Crippen LogP contribution in [0.3, 0.4) is 0 Å². The van der Waals surface area contributed by atoms with E-state index in [1.165, 1.54) is 24.4 Å². The lowest BCUT2D eigenvalue weighted by Crippen LogP contribution is -2.40. The Morgan fingerprint density at radius 2 is 2.23 bits per heavy atom. The van der Waals surface area contributed by atoms with Gasteiger partial charge in [-0.05, 0) is 37.1 Å². The molecule has 0 bridgehead atoms. The first-order valence-electron chi connectivity index (χ1n) is 7.06. The number of hydrogen-bond donors (Lipinski definition) is 1. The zero-order chi connectivity index (χ0) is 15.5. The molecular formula is C16H15FN2O3. The van der Waals surface area contributed by atoms with E-state index in [0.717, 1.165) is 6.42 Å². The largest absolute Gasteiger partial charge is 0.618 e. The van der Waals surface area contributed by atoms with Crippen LogP contribution in [-0.2, 0) is 0 Å². The highest BCUT2D eigenvalue weighted by Crippen LogP contribution is 2.32. The lowest BCUT2D eigenvalue weighted by molar-refractivity contribution is -0.607. The molecule has 114 valence electrons. The minimum atomic E-state index is -0.488. The van der Waals surface area contributed by atoms with Crippen molar-refractivity contribution in [3.8, 4) is 5.75 Å². The fourth-order valence-corrected chi connectivity index (χ4v) is 2.53. The van der Waals surface area contributed by atoms with Gasteiger partial charge in [0.05, 0.1) is 12.6 Å². The van der Waals surface area contributed by atoms with Gasteiger partial charge in [0, 0.05) is 17.7 Å². The molecule has 1 aromatic heterocycles. The predicted octanol–water partition coefficient (Wildman–Crippen LogP) is 2.10. The Bertz CT molecular complexity index is 706. The zero-order valence-corrected chi connectivity index (χ0v) is 11.8. The van der Waals surface area contributed by atoms with Crippen molar-refractivity contribution in [1.82, 2.24) is 5.32 Å². The summed E-state index contributed by atoms with van der Waals surface area (Å²) in [5.74, 6) is -0.313. The fraction of sp³-hybridized carbons (Fsp3) is 0.250. The average molecular weight is 302 g/mol. The monoisotopic (exact) mass is 302 g/mol. The summed E-state index contributed by atoms with van der Waals surface area (Å²) in [5, 5.41) is 14.4. The molecule has 1 aliphatic rings. The smallest absolute Gasteiger partial charge is 0.317 e. The van der Waals surface area contributed by atoms with E-state index in [2.05, 4.69) is 5.32 Å². The molecule has 1 aromatic carbocycles. The summed E-state index contributed by atoms with van der Waals surface area (Å²) in [6.45, 7) is 0.512. The van der Waals surface area contributed by atoms with Crippen LogP contribution in [0.2, 0.25) is 0 Å². The van der Waals surface area contributed by atoms with Crippen molar-refractivity contribution in [2.75, 3.05) is 6.61 Å². The van der Waals surface area contributed by atoms with Crippen molar-refractivity contribution in [1.29, 1.82) is 0 Å². The predicted molar refractivity (Wildman–Crippen MR) is 76.7 cm³/mol. The second-order valence-corrected chi connectivity index (χ2v) is 5.11. The van der Waals surface area contributed by atoms with Crippen molar-refractivity contribution in [3.05, 3.63) is 64.9 Å². The third-order valence-corrected chi connectivity index (χ3v) is 3.60. The minimum Gasteiger partial charge on any atom is -0.618 e. The Morgan fingerprint density at radius 3 is 3.05 bits per heavy atom. The molecule has 1 N–H and O–H groups in total. The molecule has 1 atom stereocenters. The number of carbonyl (C=O) groups excluding carboxylic acids is 1. The maximum atomic E-state index is 13.5. The molecule has 0 saturated heterocycles. The SMILES string of the molecule is O=C(N[C@@H]1CCCOc2ccc(F)cc21)c1cccc[n+]1[O-]. The van der Waals surface area contributed by atoms with Crippen LogP contribution >= 0.6 is 0 Å². The Labute approximate surface area is 126 Å². The van der Waals surface area contributed by atoms with Crippen molar-refractivity contribution < 1.29 is 18.7 Å². The fourth-order valence-electron chi connectivity index (χ4n) is 2.53. The maximum Gasteiger partial charge on any atom is 0.317 e. The number of ether oxygens (including phenoxy) is 1. The third-order valence-electron chi connectivity index (χ3n) is 3.60. The van der Waals surface area contributed by atoms with E-state index < -0.39 is 5.91 Å². The number of fused-ring (bicyclic) bond motifs is 1. The van der Waals surface area contributed by atoms with Crippen molar-refractivity contribution in [2.45, 2.75) is 18.9 Å². The first-order valence-corrected chi connectivity index (χ1v) is 7.06. The number of nitrogens with zero attached hydrogens (tertiary/aromatic N) is 1. The minimum absolute atomic E-state index is 0.00520. The van der Waals surface area contributed by atoms with Gasteiger partial charge in [-0.15, -0.1) is 0 Å². The number of pyridine rings is 1. The average Bonchev–Trinajstić information content (AvgIpc) is 2.70. The number of aromatic nitrogens is 1. The van der Waals surface area contributed by atoms with Gasteiger partial charge in [-0.3, -0.25) is 4.79 Å². The van der Waals surface area contributed by atoms with Crippen LogP contribution in [-0.4, -0.2) is 12.5 Å². The molecule has 22 heavy (non-hydrogen) atoms. The molecule has 3 rings (SSSR count). The quantitative estimate of drug-likeness (QED) is 0.682. The maximum absolute atomic E-state index is 13.5. The topological polar surface area (TPSA) is 65.3 Å². The van der Waals surface area contributed by atoms with Gasteiger partial charge in [0.2, 0.25) is 0 Å². The number of rotatable bonds is 2. The van der Waals surface area contributed by atoms with E-state index in [1.807, 2.05) is 0 Å².